The van der Waals surface area contributed by atoms with E-state index in [0.29, 0.717) is 29.2 Å². The van der Waals surface area contributed by atoms with Crippen molar-refractivity contribution in [2.24, 2.45) is 0 Å². The number of hydrogen-bond donors (Lipinski definition) is 1. The Morgan fingerprint density at radius 3 is 2.90 bits per heavy atom. The smallest absolute Gasteiger partial charge is 0.346 e. The topological polar surface area (TPSA) is 115 Å². The number of oxazole rings is 1. The number of carbonyl (C=O) groups is 1. The third-order valence-electron chi connectivity index (χ3n) is 5.32. The lowest BCUT2D eigenvalue weighted by Crippen LogP contribution is -2.24. The number of anilines is 1. The SMILES string of the molecule is COC(=O)[C@H](C)Oc1cc2c3c(c1)nc(-c1ccc4oc(N)nc4c1)n3CCCCO2. The number of aryl methyl sites for hydroxylation is 1. The van der Waals surface area contributed by atoms with E-state index in [0.717, 1.165) is 41.8 Å². The molecule has 0 fully saturated rings. The fourth-order valence-corrected chi connectivity index (χ4v) is 3.88. The van der Waals surface area contributed by atoms with Crippen LogP contribution in [-0.4, -0.2) is 40.3 Å². The number of aromatic nitrogens is 3. The molecular formula is C22H22N4O5. The summed E-state index contributed by atoms with van der Waals surface area (Å²) in [5.41, 5.74) is 9.51. The molecule has 1 aliphatic heterocycles. The summed E-state index contributed by atoms with van der Waals surface area (Å²) in [5.74, 6) is 1.52. The second kappa shape index (κ2) is 7.50. The Labute approximate surface area is 177 Å². The summed E-state index contributed by atoms with van der Waals surface area (Å²) < 4.78 is 24.1. The highest BCUT2D eigenvalue weighted by atomic mass is 16.6. The Kier molecular flexibility index (Phi) is 4.65. The molecule has 31 heavy (non-hydrogen) atoms. The van der Waals surface area contributed by atoms with Crippen LogP contribution in [0.1, 0.15) is 19.8 Å². The maximum absolute atomic E-state index is 11.8. The van der Waals surface area contributed by atoms with Gasteiger partial charge in [0.25, 0.3) is 6.01 Å². The van der Waals surface area contributed by atoms with Crippen LogP contribution in [0.3, 0.4) is 0 Å². The van der Waals surface area contributed by atoms with Crippen LogP contribution in [-0.2, 0) is 16.1 Å². The molecule has 1 atom stereocenters. The normalized spacial score (nSPS) is 14.6. The molecule has 0 bridgehead atoms. The van der Waals surface area contributed by atoms with Gasteiger partial charge in [-0.2, -0.15) is 4.98 Å². The predicted molar refractivity (Wildman–Crippen MR) is 114 cm³/mol. The molecule has 0 radical (unpaired) electrons. The van der Waals surface area contributed by atoms with Gasteiger partial charge in [0.15, 0.2) is 11.7 Å². The van der Waals surface area contributed by atoms with Crippen molar-refractivity contribution < 1.29 is 23.4 Å². The van der Waals surface area contributed by atoms with Crippen LogP contribution in [0, 0.1) is 0 Å². The fraction of sp³-hybridized carbons (Fsp3) is 0.318. The number of methoxy groups -OCH3 is 1. The molecule has 0 unspecified atom stereocenters. The molecule has 1 aliphatic rings. The monoisotopic (exact) mass is 422 g/mol. The van der Waals surface area contributed by atoms with Crippen molar-refractivity contribution in [3.63, 3.8) is 0 Å². The zero-order chi connectivity index (χ0) is 21.5. The van der Waals surface area contributed by atoms with Gasteiger partial charge in [-0.25, -0.2) is 9.78 Å². The fourth-order valence-electron chi connectivity index (χ4n) is 3.88. The second-order valence-electron chi connectivity index (χ2n) is 7.45. The average Bonchev–Trinajstić information content (AvgIpc) is 3.29. The highest BCUT2D eigenvalue weighted by Gasteiger charge is 2.22. The van der Waals surface area contributed by atoms with Crippen molar-refractivity contribution in [2.75, 3.05) is 19.5 Å². The number of nitrogen functional groups attached to an aromatic ring is 1. The third kappa shape index (κ3) is 3.41. The number of fused-ring (bicyclic) bond motifs is 1. The summed E-state index contributed by atoms with van der Waals surface area (Å²) in [4.78, 5) is 20.9. The van der Waals surface area contributed by atoms with Crippen LogP contribution >= 0.6 is 0 Å². The first-order valence-corrected chi connectivity index (χ1v) is 10.1. The molecule has 5 rings (SSSR count). The summed E-state index contributed by atoms with van der Waals surface area (Å²) in [6.45, 7) is 3.05. The van der Waals surface area contributed by atoms with E-state index in [-0.39, 0.29) is 6.01 Å². The minimum Gasteiger partial charge on any atom is -0.491 e. The van der Waals surface area contributed by atoms with E-state index in [9.17, 15) is 4.79 Å². The number of benzene rings is 2. The first kappa shape index (κ1) is 19.2. The highest BCUT2D eigenvalue weighted by Crippen LogP contribution is 2.37. The Balaban J connectivity index is 1.65. The largest absolute Gasteiger partial charge is 0.491 e. The first-order chi connectivity index (χ1) is 15.0. The number of nitrogens with zero attached hydrogens (tertiary/aromatic N) is 3. The molecule has 0 spiro atoms. The summed E-state index contributed by atoms with van der Waals surface area (Å²) in [7, 11) is 1.33. The van der Waals surface area contributed by atoms with E-state index in [2.05, 4.69) is 9.55 Å². The summed E-state index contributed by atoms with van der Waals surface area (Å²) in [6, 6.07) is 9.44. The van der Waals surface area contributed by atoms with E-state index in [1.807, 2.05) is 24.3 Å². The highest BCUT2D eigenvalue weighted by molar-refractivity contribution is 5.89. The molecule has 9 nitrogen and oxygen atoms in total. The molecule has 2 aromatic carbocycles. The number of carbonyl (C=O) groups excluding carboxylic acids is 1. The van der Waals surface area contributed by atoms with Gasteiger partial charge in [-0.05, 0) is 38.0 Å². The molecule has 0 saturated carbocycles. The Morgan fingerprint density at radius 2 is 2.06 bits per heavy atom. The van der Waals surface area contributed by atoms with Gasteiger partial charge in [-0.15, -0.1) is 0 Å². The van der Waals surface area contributed by atoms with Gasteiger partial charge in [-0.1, -0.05) is 0 Å². The van der Waals surface area contributed by atoms with Gasteiger partial charge in [0, 0.05) is 24.2 Å². The average molecular weight is 422 g/mol. The number of rotatable bonds is 4. The summed E-state index contributed by atoms with van der Waals surface area (Å²) in [5, 5.41) is 0. The van der Waals surface area contributed by atoms with Crippen molar-refractivity contribution in [1.82, 2.24) is 14.5 Å². The summed E-state index contributed by atoms with van der Waals surface area (Å²) >= 11 is 0. The quantitative estimate of drug-likeness (QED) is 0.497. The minimum atomic E-state index is -0.746. The number of imidazole rings is 1. The van der Waals surface area contributed by atoms with Crippen molar-refractivity contribution >= 4 is 34.1 Å². The number of ether oxygens (including phenoxy) is 3. The maximum Gasteiger partial charge on any atom is 0.346 e. The molecule has 0 aliphatic carbocycles. The molecular weight excluding hydrogens is 400 g/mol. The van der Waals surface area contributed by atoms with E-state index in [1.165, 1.54) is 7.11 Å². The minimum absolute atomic E-state index is 0.132. The Morgan fingerprint density at radius 1 is 1.19 bits per heavy atom. The van der Waals surface area contributed by atoms with Gasteiger partial charge in [0.05, 0.1) is 19.2 Å². The van der Waals surface area contributed by atoms with Crippen molar-refractivity contribution in [2.45, 2.75) is 32.4 Å². The van der Waals surface area contributed by atoms with Gasteiger partial charge >= 0.3 is 5.97 Å². The Bertz CT molecular complexity index is 1290. The van der Waals surface area contributed by atoms with Gasteiger partial charge < -0.3 is 28.9 Å². The molecule has 2 aromatic heterocycles. The number of nitrogens with two attached hydrogens (primary N) is 1. The maximum atomic E-state index is 11.8. The lowest BCUT2D eigenvalue weighted by molar-refractivity contribution is -0.147. The molecule has 2 N–H and O–H groups in total. The van der Waals surface area contributed by atoms with E-state index >= 15 is 0 Å². The standard InChI is InChI=1S/C22H22N4O5/c1-12(21(27)28-2)30-14-10-16-19-18(11-14)29-8-4-3-7-26(19)20(24-16)13-5-6-17-15(9-13)25-22(23)31-17/h5-6,9-12H,3-4,7-8H2,1-2H3,(H2,23,25)/t12-/m0/s1. The van der Waals surface area contributed by atoms with Gasteiger partial charge in [0.2, 0.25) is 0 Å². The van der Waals surface area contributed by atoms with Crippen molar-refractivity contribution in [1.29, 1.82) is 0 Å². The van der Waals surface area contributed by atoms with Crippen LogP contribution in [0.25, 0.3) is 33.5 Å². The first-order valence-electron chi connectivity index (χ1n) is 10.1. The van der Waals surface area contributed by atoms with Crippen LogP contribution in [0.2, 0.25) is 0 Å². The van der Waals surface area contributed by atoms with Crippen LogP contribution in [0.5, 0.6) is 11.5 Å². The predicted octanol–water partition coefficient (Wildman–Crippen LogP) is 3.54. The molecule has 0 saturated heterocycles. The van der Waals surface area contributed by atoms with Crippen LogP contribution in [0.15, 0.2) is 34.7 Å². The molecule has 3 heterocycles. The van der Waals surface area contributed by atoms with Crippen molar-refractivity contribution in [3.8, 4) is 22.9 Å². The van der Waals surface area contributed by atoms with Gasteiger partial charge in [-0.3, -0.25) is 0 Å². The van der Waals surface area contributed by atoms with Crippen LogP contribution in [0.4, 0.5) is 6.01 Å². The van der Waals surface area contributed by atoms with E-state index in [4.69, 9.17) is 29.3 Å². The van der Waals surface area contributed by atoms with Gasteiger partial charge in [0.1, 0.15) is 28.4 Å². The molecule has 0 amide bonds. The summed E-state index contributed by atoms with van der Waals surface area (Å²) in [6.07, 6.45) is 1.14. The zero-order valence-electron chi connectivity index (χ0n) is 17.3. The third-order valence-corrected chi connectivity index (χ3v) is 5.32. The molecule has 160 valence electrons. The van der Waals surface area contributed by atoms with E-state index < -0.39 is 12.1 Å². The van der Waals surface area contributed by atoms with Crippen LogP contribution < -0.4 is 15.2 Å². The zero-order valence-corrected chi connectivity index (χ0v) is 17.3. The number of esters is 1. The lowest BCUT2D eigenvalue weighted by atomic mass is 10.2. The number of hydrogen-bond acceptors (Lipinski definition) is 8. The second-order valence-corrected chi connectivity index (χ2v) is 7.45. The lowest BCUT2D eigenvalue weighted by Gasteiger charge is -2.18. The molecule has 4 aromatic rings. The Hall–Kier alpha value is -3.75. The molecule has 9 heteroatoms. The van der Waals surface area contributed by atoms with E-state index in [1.54, 1.807) is 13.0 Å². The van der Waals surface area contributed by atoms with Crippen molar-refractivity contribution in [3.05, 3.63) is 30.3 Å².